The molecule has 0 saturated carbocycles. The first-order chi connectivity index (χ1) is 22.4. The Morgan fingerprint density at radius 3 is 1.39 bits per heavy atom. The van der Waals surface area contributed by atoms with Gasteiger partial charge in [-0.1, -0.05) is 122 Å². The minimum absolute atomic E-state index is 0.219. The average molecular weight is 661 g/mol. The maximum atomic E-state index is 9.83. The molecular weight excluding hydrogens is 625 g/mol. The molecule has 0 heterocycles. The largest absolute Gasteiger partial charge is 0.748 e. The van der Waals surface area contributed by atoms with E-state index >= 15 is 0 Å². The highest BCUT2D eigenvalue weighted by Gasteiger charge is 2.11. The summed E-state index contributed by atoms with van der Waals surface area (Å²) in [4.78, 5) is 5.10. The first-order valence-electron chi connectivity index (χ1n) is 15.2. The van der Waals surface area contributed by atoms with Crippen LogP contribution in [0.1, 0.15) is 19.8 Å². The van der Waals surface area contributed by atoms with Crippen molar-refractivity contribution < 1.29 is 13.0 Å². The van der Waals surface area contributed by atoms with Crippen LogP contribution in [0.3, 0.4) is 0 Å². The van der Waals surface area contributed by atoms with E-state index in [4.69, 9.17) is 0 Å². The molecular formula is C40H36O3S3. The minimum atomic E-state index is -3.94. The molecule has 0 fully saturated rings. The molecule has 0 saturated heterocycles. The van der Waals surface area contributed by atoms with Gasteiger partial charge in [0.1, 0.15) is 0 Å². The van der Waals surface area contributed by atoms with Crippen molar-refractivity contribution in [1.29, 1.82) is 0 Å². The van der Waals surface area contributed by atoms with E-state index in [2.05, 4.69) is 158 Å². The Morgan fingerprint density at radius 1 is 0.522 bits per heavy atom. The topological polar surface area (TPSA) is 57.2 Å². The van der Waals surface area contributed by atoms with Crippen molar-refractivity contribution in [2.45, 2.75) is 39.3 Å². The fourth-order valence-electron chi connectivity index (χ4n) is 4.86. The molecule has 0 amide bonds. The number of unbranched alkanes of at least 4 members (excludes halogenated alkanes) is 1. The van der Waals surface area contributed by atoms with Crippen LogP contribution in [-0.4, -0.2) is 18.7 Å². The summed E-state index contributed by atoms with van der Waals surface area (Å²) >= 11 is 3.02. The van der Waals surface area contributed by atoms with Gasteiger partial charge in [0.2, 0.25) is 0 Å². The van der Waals surface area contributed by atoms with Crippen LogP contribution in [0.2, 0.25) is 0 Å². The van der Waals surface area contributed by atoms with Gasteiger partial charge in [0.25, 0.3) is 0 Å². The van der Waals surface area contributed by atoms with E-state index in [1.54, 1.807) is 11.8 Å². The van der Waals surface area contributed by atoms with Gasteiger partial charge < -0.3 is 4.55 Å². The molecule has 6 aromatic carbocycles. The Labute approximate surface area is 281 Å². The molecule has 0 bridgehead atoms. The zero-order chi connectivity index (χ0) is 32.2. The lowest BCUT2D eigenvalue weighted by molar-refractivity contribution is 0.461. The van der Waals surface area contributed by atoms with Crippen LogP contribution in [0.5, 0.6) is 0 Å². The van der Waals surface area contributed by atoms with Crippen LogP contribution < -0.4 is 0 Å². The van der Waals surface area contributed by atoms with E-state index < -0.39 is 10.1 Å². The van der Waals surface area contributed by atoms with Gasteiger partial charge in [-0.2, -0.15) is 0 Å². The highest BCUT2D eigenvalue weighted by Crippen LogP contribution is 2.33. The van der Waals surface area contributed by atoms with E-state index in [9.17, 15) is 13.0 Å². The third-order valence-electron chi connectivity index (χ3n) is 7.23. The zero-order valence-corrected chi connectivity index (χ0v) is 28.1. The molecule has 0 aromatic heterocycles. The third-order valence-corrected chi connectivity index (χ3v) is 10.1. The second kappa shape index (κ2) is 16.5. The van der Waals surface area contributed by atoms with Crippen molar-refractivity contribution in [2.24, 2.45) is 0 Å². The molecule has 0 atom stereocenters. The summed E-state index contributed by atoms with van der Waals surface area (Å²) in [5.41, 5.74) is 7.52. The Morgan fingerprint density at radius 2 is 0.913 bits per heavy atom. The van der Waals surface area contributed by atoms with Crippen molar-refractivity contribution in [3.05, 3.63) is 158 Å². The molecule has 3 nitrogen and oxygen atoms in total. The zero-order valence-electron chi connectivity index (χ0n) is 25.6. The van der Waals surface area contributed by atoms with E-state index in [0.717, 1.165) is 6.42 Å². The monoisotopic (exact) mass is 660 g/mol. The van der Waals surface area contributed by atoms with Crippen molar-refractivity contribution in [2.75, 3.05) is 5.75 Å². The van der Waals surface area contributed by atoms with Crippen molar-refractivity contribution in [3.8, 4) is 33.4 Å². The molecule has 6 rings (SSSR count). The molecule has 6 heteroatoms. The lowest BCUT2D eigenvalue weighted by atomic mass is 9.95. The SMILES string of the molecule is CCCCS(=O)(=O)[O-].c1ccc(-c2ccc(Sc3ccc([SH+]c4ccc(-c5ccccc5-c5ccccc5)cc4)cc3)cc2)cc1. The molecule has 0 aliphatic heterocycles. The van der Waals surface area contributed by atoms with Gasteiger partial charge in [0, 0.05) is 27.3 Å². The first kappa shape index (κ1) is 33.3. The fraction of sp³-hybridized carbons (Fsp3) is 0.100. The van der Waals surface area contributed by atoms with E-state index in [-0.39, 0.29) is 5.75 Å². The fourth-order valence-corrected chi connectivity index (χ4v) is 7.21. The van der Waals surface area contributed by atoms with Crippen LogP contribution in [0, 0.1) is 0 Å². The van der Waals surface area contributed by atoms with Crippen molar-refractivity contribution in [1.82, 2.24) is 0 Å². The summed E-state index contributed by atoms with van der Waals surface area (Å²) < 4.78 is 29.5. The smallest absolute Gasteiger partial charge is 0.158 e. The number of thiol groups is 1. The Hall–Kier alpha value is -4.07. The highest BCUT2D eigenvalue weighted by atomic mass is 32.2. The summed E-state index contributed by atoms with van der Waals surface area (Å²) in [7, 11) is -3.94. The molecule has 0 aliphatic rings. The normalized spacial score (nSPS) is 11.0. The molecule has 0 unspecified atom stereocenters. The van der Waals surface area contributed by atoms with Gasteiger partial charge in [-0.15, -0.1) is 0 Å². The van der Waals surface area contributed by atoms with Crippen LogP contribution in [-0.2, 0) is 21.9 Å². The quantitative estimate of drug-likeness (QED) is 0.0834. The van der Waals surface area contributed by atoms with Crippen LogP contribution in [0.15, 0.2) is 177 Å². The number of rotatable bonds is 10. The number of hydrogen-bond acceptors (Lipinski definition) is 4. The van der Waals surface area contributed by atoms with Crippen molar-refractivity contribution in [3.63, 3.8) is 0 Å². The van der Waals surface area contributed by atoms with Gasteiger partial charge in [0.05, 0.1) is 10.1 Å². The summed E-state index contributed by atoms with van der Waals surface area (Å²) in [5, 5.41) is 0. The van der Waals surface area contributed by atoms with Gasteiger partial charge in [-0.3, -0.25) is 0 Å². The maximum Gasteiger partial charge on any atom is 0.158 e. The highest BCUT2D eigenvalue weighted by molar-refractivity contribution is 7.99. The molecule has 0 N–H and O–H groups in total. The second-order valence-corrected chi connectivity index (χ2v) is 14.6. The van der Waals surface area contributed by atoms with Gasteiger partial charge in [0.15, 0.2) is 9.79 Å². The Kier molecular flexibility index (Phi) is 11.9. The predicted octanol–water partition coefficient (Wildman–Crippen LogP) is 10.4. The average Bonchev–Trinajstić information content (AvgIpc) is 3.10. The maximum absolute atomic E-state index is 9.83. The van der Waals surface area contributed by atoms with Crippen molar-refractivity contribution >= 4 is 33.6 Å². The molecule has 6 aromatic rings. The summed E-state index contributed by atoms with van der Waals surface area (Å²) in [6.45, 7) is 1.84. The van der Waals surface area contributed by atoms with E-state index in [1.165, 1.54) is 64.7 Å². The van der Waals surface area contributed by atoms with Crippen LogP contribution in [0.4, 0.5) is 0 Å². The summed E-state index contributed by atoms with van der Waals surface area (Å²) in [6.07, 6.45) is 1.23. The van der Waals surface area contributed by atoms with Crippen LogP contribution >= 0.6 is 11.8 Å². The minimum Gasteiger partial charge on any atom is -0.748 e. The molecule has 46 heavy (non-hydrogen) atoms. The van der Waals surface area contributed by atoms with Crippen LogP contribution in [0.25, 0.3) is 33.4 Å². The Balaban J connectivity index is 0.000000463. The predicted molar refractivity (Wildman–Crippen MR) is 195 cm³/mol. The summed E-state index contributed by atoms with van der Waals surface area (Å²) in [5.74, 6) is -0.219. The number of hydrogen-bond donors (Lipinski definition) is 0. The summed E-state index contributed by atoms with van der Waals surface area (Å²) in [6, 6.07) is 56.5. The Bertz CT molecular complexity index is 1910. The second-order valence-electron chi connectivity index (χ2n) is 10.7. The lowest BCUT2D eigenvalue weighted by Crippen LogP contribution is -2.02. The van der Waals surface area contributed by atoms with Gasteiger partial charge >= 0.3 is 0 Å². The molecule has 0 radical (unpaired) electrons. The molecule has 0 spiro atoms. The van der Waals surface area contributed by atoms with Gasteiger partial charge in [-0.25, -0.2) is 8.42 Å². The van der Waals surface area contributed by atoms with E-state index in [1.807, 2.05) is 6.92 Å². The first-order valence-corrected chi connectivity index (χ1v) is 18.5. The standard InChI is InChI=1S/C36H26S2.C4H10O3S/c1-3-9-27(10-4-1)28-15-19-31(20-16-28)37-33-23-25-34(26-24-33)38-32-21-17-30(18-22-32)36-14-8-7-13-35(36)29-11-5-2-6-12-29;1-2-3-4-8(5,6)7/h1-26H;2-4H2,1H3,(H,5,6,7). The molecule has 0 aliphatic carbocycles. The van der Waals surface area contributed by atoms with E-state index in [0.29, 0.717) is 6.42 Å². The third kappa shape index (κ3) is 9.96. The lowest BCUT2D eigenvalue weighted by Gasteiger charge is -2.10. The van der Waals surface area contributed by atoms with Gasteiger partial charge in [-0.05, 0) is 100 Å². The molecule has 232 valence electrons. The number of benzene rings is 6.